The van der Waals surface area contributed by atoms with Gasteiger partial charge in [0.15, 0.2) is 0 Å². The number of carboxylic acids is 1. The number of aromatic nitrogens is 1. The number of rotatable bonds is 4. The summed E-state index contributed by atoms with van der Waals surface area (Å²) in [5.74, 6) is -1.65. The van der Waals surface area contributed by atoms with Crippen molar-refractivity contribution in [1.82, 2.24) is 4.98 Å². The van der Waals surface area contributed by atoms with Crippen molar-refractivity contribution >= 4 is 34.9 Å². The molecule has 0 fully saturated rings. The Morgan fingerprint density at radius 3 is 2.67 bits per heavy atom. The van der Waals surface area contributed by atoms with Crippen LogP contribution in [-0.4, -0.2) is 21.0 Å². The predicted octanol–water partition coefficient (Wildman–Crippen LogP) is 3.79. The second-order valence-electron chi connectivity index (χ2n) is 3.79. The zero-order valence-electron chi connectivity index (χ0n) is 10.1. The normalized spacial score (nSPS) is 10.2. The maximum absolute atomic E-state index is 11.1. The SMILES string of the molecule is O=C(O)c1cc([N+](=O)[O-])cnc1Oc1cc(Cl)ccc1Cl. The fraction of sp³-hybridized carbons (Fsp3) is 0. The van der Waals surface area contributed by atoms with Crippen molar-refractivity contribution < 1.29 is 19.6 Å². The number of aromatic carboxylic acids is 1. The molecule has 0 spiro atoms. The number of carboxylic acid groups (broad SMARTS) is 1. The van der Waals surface area contributed by atoms with Crippen LogP contribution >= 0.6 is 23.2 Å². The number of ether oxygens (including phenoxy) is 1. The fourth-order valence-corrected chi connectivity index (χ4v) is 1.75. The first-order valence-electron chi connectivity index (χ1n) is 5.39. The van der Waals surface area contributed by atoms with E-state index >= 15 is 0 Å². The Hall–Kier alpha value is -2.38. The summed E-state index contributed by atoms with van der Waals surface area (Å²) in [7, 11) is 0. The van der Waals surface area contributed by atoms with Gasteiger partial charge in [0, 0.05) is 17.2 Å². The maximum Gasteiger partial charge on any atom is 0.341 e. The lowest BCUT2D eigenvalue weighted by atomic mass is 10.2. The van der Waals surface area contributed by atoms with E-state index in [1.807, 2.05) is 0 Å². The average molecular weight is 329 g/mol. The van der Waals surface area contributed by atoms with Gasteiger partial charge in [-0.1, -0.05) is 23.2 Å². The third-order valence-electron chi connectivity index (χ3n) is 2.38. The molecular weight excluding hydrogens is 323 g/mol. The molecule has 1 heterocycles. The van der Waals surface area contributed by atoms with Crippen molar-refractivity contribution in [2.24, 2.45) is 0 Å². The van der Waals surface area contributed by atoms with E-state index in [1.54, 1.807) is 0 Å². The van der Waals surface area contributed by atoms with E-state index in [0.29, 0.717) is 5.02 Å². The molecule has 0 aliphatic heterocycles. The van der Waals surface area contributed by atoms with Crippen LogP contribution in [0.5, 0.6) is 11.6 Å². The molecule has 0 radical (unpaired) electrons. The molecule has 0 saturated carbocycles. The quantitative estimate of drug-likeness (QED) is 0.676. The number of pyridine rings is 1. The van der Waals surface area contributed by atoms with E-state index in [1.165, 1.54) is 18.2 Å². The highest BCUT2D eigenvalue weighted by Gasteiger charge is 2.20. The van der Waals surface area contributed by atoms with E-state index in [-0.39, 0.29) is 16.7 Å². The number of nitrogens with zero attached hydrogens (tertiary/aromatic N) is 2. The first-order valence-corrected chi connectivity index (χ1v) is 6.14. The van der Waals surface area contributed by atoms with E-state index < -0.39 is 22.1 Å². The molecule has 0 unspecified atom stereocenters. The Morgan fingerprint density at radius 2 is 2.05 bits per heavy atom. The van der Waals surface area contributed by atoms with Crippen LogP contribution in [0.4, 0.5) is 5.69 Å². The van der Waals surface area contributed by atoms with Gasteiger partial charge in [-0.2, -0.15) is 0 Å². The Bertz CT molecular complexity index is 736. The molecule has 0 aliphatic carbocycles. The van der Waals surface area contributed by atoms with Gasteiger partial charge in [0.1, 0.15) is 17.5 Å². The van der Waals surface area contributed by atoms with Gasteiger partial charge in [-0.15, -0.1) is 0 Å². The van der Waals surface area contributed by atoms with Crippen LogP contribution in [0.1, 0.15) is 10.4 Å². The Kier molecular flexibility index (Phi) is 4.25. The molecule has 108 valence electrons. The second-order valence-corrected chi connectivity index (χ2v) is 4.63. The lowest BCUT2D eigenvalue weighted by Gasteiger charge is -2.09. The molecule has 9 heteroatoms. The first-order chi connectivity index (χ1) is 9.88. The molecule has 21 heavy (non-hydrogen) atoms. The summed E-state index contributed by atoms with van der Waals surface area (Å²) in [4.78, 5) is 24.7. The van der Waals surface area contributed by atoms with Gasteiger partial charge in [-0.25, -0.2) is 9.78 Å². The van der Waals surface area contributed by atoms with Crippen LogP contribution in [0.2, 0.25) is 10.0 Å². The minimum atomic E-state index is -1.42. The summed E-state index contributed by atoms with van der Waals surface area (Å²) in [5.41, 5.74) is -0.919. The minimum Gasteiger partial charge on any atom is -0.477 e. The van der Waals surface area contributed by atoms with Gasteiger partial charge < -0.3 is 9.84 Å². The molecule has 0 amide bonds. The standard InChI is InChI=1S/C12H6Cl2N2O5/c13-6-1-2-9(14)10(3-6)21-11-8(12(17)18)4-7(5-15-11)16(19)20/h1-5H,(H,17,18). The number of carbonyl (C=O) groups is 1. The summed E-state index contributed by atoms with van der Waals surface area (Å²) >= 11 is 11.7. The largest absolute Gasteiger partial charge is 0.477 e. The Labute approximate surface area is 127 Å². The van der Waals surface area contributed by atoms with Gasteiger partial charge >= 0.3 is 5.97 Å². The van der Waals surface area contributed by atoms with Gasteiger partial charge in [0.25, 0.3) is 5.69 Å². The summed E-state index contributed by atoms with van der Waals surface area (Å²) in [6, 6.07) is 5.21. The van der Waals surface area contributed by atoms with Crippen LogP contribution in [0.25, 0.3) is 0 Å². The number of hydrogen-bond donors (Lipinski definition) is 1. The van der Waals surface area contributed by atoms with Crippen LogP contribution in [0.3, 0.4) is 0 Å². The number of hydrogen-bond acceptors (Lipinski definition) is 5. The summed E-state index contributed by atoms with van der Waals surface area (Å²) in [6.07, 6.45) is 0.889. The van der Waals surface area contributed by atoms with Crippen molar-refractivity contribution in [1.29, 1.82) is 0 Å². The lowest BCUT2D eigenvalue weighted by Crippen LogP contribution is -2.04. The Balaban J connectivity index is 2.46. The molecule has 0 saturated heterocycles. The van der Waals surface area contributed by atoms with Crippen LogP contribution in [0, 0.1) is 10.1 Å². The molecule has 1 aromatic heterocycles. The monoisotopic (exact) mass is 328 g/mol. The molecule has 1 N–H and O–H groups in total. The summed E-state index contributed by atoms with van der Waals surface area (Å²) in [5, 5.41) is 20.2. The predicted molar refractivity (Wildman–Crippen MR) is 74.4 cm³/mol. The van der Waals surface area contributed by atoms with Crippen molar-refractivity contribution in [2.75, 3.05) is 0 Å². The third kappa shape index (κ3) is 3.39. The van der Waals surface area contributed by atoms with E-state index in [2.05, 4.69) is 4.98 Å². The zero-order chi connectivity index (χ0) is 15.6. The van der Waals surface area contributed by atoms with E-state index in [0.717, 1.165) is 12.3 Å². The van der Waals surface area contributed by atoms with E-state index in [4.69, 9.17) is 33.0 Å². The van der Waals surface area contributed by atoms with Crippen molar-refractivity contribution in [2.45, 2.75) is 0 Å². The second kappa shape index (κ2) is 5.94. The molecule has 0 bridgehead atoms. The van der Waals surface area contributed by atoms with Crippen LogP contribution < -0.4 is 4.74 Å². The summed E-state index contributed by atoms with van der Waals surface area (Å²) < 4.78 is 5.29. The van der Waals surface area contributed by atoms with Gasteiger partial charge in [-0.3, -0.25) is 10.1 Å². The van der Waals surface area contributed by atoms with E-state index in [9.17, 15) is 14.9 Å². The van der Waals surface area contributed by atoms with Crippen LogP contribution in [0.15, 0.2) is 30.5 Å². The van der Waals surface area contributed by atoms with Crippen molar-refractivity contribution in [3.63, 3.8) is 0 Å². The topological polar surface area (TPSA) is 103 Å². The first kappa shape index (κ1) is 15.0. The van der Waals surface area contributed by atoms with Gasteiger partial charge in [0.2, 0.25) is 5.88 Å². The highest BCUT2D eigenvalue weighted by molar-refractivity contribution is 6.34. The minimum absolute atomic E-state index is 0.0908. The van der Waals surface area contributed by atoms with Gasteiger partial charge in [-0.05, 0) is 12.1 Å². The molecular formula is C12H6Cl2N2O5. The molecule has 0 atom stereocenters. The fourth-order valence-electron chi connectivity index (χ4n) is 1.44. The zero-order valence-corrected chi connectivity index (χ0v) is 11.6. The molecule has 1 aromatic carbocycles. The lowest BCUT2D eigenvalue weighted by molar-refractivity contribution is -0.385. The van der Waals surface area contributed by atoms with Gasteiger partial charge in [0.05, 0.1) is 9.95 Å². The Morgan fingerprint density at radius 1 is 1.33 bits per heavy atom. The highest BCUT2D eigenvalue weighted by atomic mass is 35.5. The highest BCUT2D eigenvalue weighted by Crippen LogP contribution is 2.33. The third-order valence-corrected chi connectivity index (χ3v) is 2.93. The smallest absolute Gasteiger partial charge is 0.341 e. The maximum atomic E-state index is 11.1. The average Bonchev–Trinajstić information content (AvgIpc) is 2.42. The molecule has 0 aliphatic rings. The molecule has 7 nitrogen and oxygen atoms in total. The molecule has 2 rings (SSSR count). The van der Waals surface area contributed by atoms with Crippen molar-refractivity contribution in [3.05, 3.63) is 56.2 Å². The molecule has 2 aromatic rings. The number of halogens is 2. The number of benzene rings is 1. The van der Waals surface area contributed by atoms with Crippen LogP contribution in [-0.2, 0) is 0 Å². The number of nitro groups is 1. The van der Waals surface area contributed by atoms with Crippen molar-refractivity contribution in [3.8, 4) is 11.6 Å². The summed E-state index contributed by atoms with van der Waals surface area (Å²) in [6.45, 7) is 0.